The minimum Gasteiger partial charge on any atom is -0.306 e. The van der Waals surface area contributed by atoms with Crippen LogP contribution >= 0.6 is 0 Å². The largest absolute Gasteiger partial charge is 0.306 e. The van der Waals surface area contributed by atoms with Gasteiger partial charge in [-0.05, 0) is 20.5 Å². The van der Waals surface area contributed by atoms with E-state index in [2.05, 4.69) is 21.8 Å². The third-order valence-corrected chi connectivity index (χ3v) is 2.33. The second kappa shape index (κ2) is 8.82. The van der Waals surface area contributed by atoms with Crippen LogP contribution in [-0.2, 0) is 0 Å². The number of ketones is 1. The SMILES string of the molecule is CC.CCN(C)CCC(=O)c1cnc(C)cn1. The van der Waals surface area contributed by atoms with Gasteiger partial charge in [-0.1, -0.05) is 20.8 Å². The van der Waals surface area contributed by atoms with E-state index >= 15 is 0 Å². The van der Waals surface area contributed by atoms with E-state index in [1.54, 1.807) is 12.4 Å². The van der Waals surface area contributed by atoms with Crippen molar-refractivity contribution >= 4 is 5.78 Å². The molecular weight excluding hydrogens is 214 g/mol. The summed E-state index contributed by atoms with van der Waals surface area (Å²) in [4.78, 5) is 21.8. The van der Waals surface area contributed by atoms with Crippen molar-refractivity contribution in [2.45, 2.75) is 34.1 Å². The molecule has 0 N–H and O–H groups in total. The molecule has 0 aliphatic rings. The Labute approximate surface area is 104 Å². The van der Waals surface area contributed by atoms with Gasteiger partial charge in [0.2, 0.25) is 0 Å². The molecule has 0 fully saturated rings. The standard InChI is InChI=1S/C11H17N3O.C2H6/c1-4-14(3)6-5-11(15)10-8-12-9(2)7-13-10;1-2/h7-8H,4-6H2,1-3H3;1-2H3. The highest BCUT2D eigenvalue weighted by molar-refractivity contribution is 5.93. The summed E-state index contributed by atoms with van der Waals surface area (Å²) in [6.07, 6.45) is 3.67. The molecule has 0 aromatic carbocycles. The molecule has 0 amide bonds. The summed E-state index contributed by atoms with van der Waals surface area (Å²) >= 11 is 0. The number of carbonyl (C=O) groups excluding carboxylic acids is 1. The number of hydrogen-bond acceptors (Lipinski definition) is 4. The lowest BCUT2D eigenvalue weighted by Crippen LogP contribution is -2.21. The minimum absolute atomic E-state index is 0.0581. The van der Waals surface area contributed by atoms with Crippen LogP contribution in [0.5, 0.6) is 0 Å². The lowest BCUT2D eigenvalue weighted by atomic mass is 10.2. The first kappa shape index (κ1) is 15.7. The molecule has 1 rings (SSSR count). The topological polar surface area (TPSA) is 46.1 Å². The van der Waals surface area contributed by atoms with Crippen LogP contribution in [0.2, 0.25) is 0 Å². The van der Waals surface area contributed by atoms with E-state index in [0.717, 1.165) is 18.8 Å². The van der Waals surface area contributed by atoms with Gasteiger partial charge in [-0.2, -0.15) is 0 Å². The zero-order valence-electron chi connectivity index (χ0n) is 11.5. The summed E-state index contributed by atoms with van der Waals surface area (Å²) in [6.45, 7) is 9.64. The molecule has 0 spiro atoms. The smallest absolute Gasteiger partial charge is 0.184 e. The third kappa shape index (κ3) is 6.12. The molecule has 0 saturated heterocycles. The van der Waals surface area contributed by atoms with Crippen LogP contribution in [0.3, 0.4) is 0 Å². The van der Waals surface area contributed by atoms with Gasteiger partial charge < -0.3 is 4.90 Å². The maximum atomic E-state index is 11.6. The van der Waals surface area contributed by atoms with Crippen LogP contribution in [0.25, 0.3) is 0 Å². The van der Waals surface area contributed by atoms with Crippen LogP contribution in [0.4, 0.5) is 0 Å². The summed E-state index contributed by atoms with van der Waals surface area (Å²) in [5, 5.41) is 0. The van der Waals surface area contributed by atoms with Crippen molar-refractivity contribution in [1.29, 1.82) is 0 Å². The number of nitrogens with zero attached hydrogens (tertiary/aromatic N) is 3. The van der Waals surface area contributed by atoms with Gasteiger partial charge in [0.1, 0.15) is 5.69 Å². The van der Waals surface area contributed by atoms with E-state index < -0.39 is 0 Å². The summed E-state index contributed by atoms with van der Waals surface area (Å²) in [5.74, 6) is 0.0581. The van der Waals surface area contributed by atoms with E-state index in [0.29, 0.717) is 12.1 Å². The Morgan fingerprint density at radius 3 is 2.41 bits per heavy atom. The predicted molar refractivity (Wildman–Crippen MR) is 70.2 cm³/mol. The molecule has 4 nitrogen and oxygen atoms in total. The molecule has 0 bridgehead atoms. The highest BCUT2D eigenvalue weighted by Gasteiger charge is 2.08. The van der Waals surface area contributed by atoms with E-state index in [1.807, 2.05) is 27.8 Å². The second-order valence-corrected chi connectivity index (χ2v) is 3.61. The Morgan fingerprint density at radius 1 is 1.29 bits per heavy atom. The molecule has 4 heteroatoms. The van der Waals surface area contributed by atoms with Crippen molar-refractivity contribution in [3.8, 4) is 0 Å². The van der Waals surface area contributed by atoms with Gasteiger partial charge in [0.25, 0.3) is 0 Å². The Morgan fingerprint density at radius 2 is 1.94 bits per heavy atom. The fourth-order valence-corrected chi connectivity index (χ4v) is 1.12. The Hall–Kier alpha value is -1.29. The monoisotopic (exact) mass is 237 g/mol. The fourth-order valence-electron chi connectivity index (χ4n) is 1.12. The molecule has 0 radical (unpaired) electrons. The summed E-state index contributed by atoms with van der Waals surface area (Å²) in [7, 11) is 1.99. The summed E-state index contributed by atoms with van der Waals surface area (Å²) in [6, 6.07) is 0. The molecule has 0 unspecified atom stereocenters. The minimum atomic E-state index is 0.0581. The number of aryl methyl sites for hydroxylation is 1. The molecule has 1 aromatic heterocycles. The van der Waals surface area contributed by atoms with Crippen molar-refractivity contribution in [2.24, 2.45) is 0 Å². The molecule has 0 aliphatic carbocycles. The van der Waals surface area contributed by atoms with Crippen LogP contribution in [0, 0.1) is 6.92 Å². The van der Waals surface area contributed by atoms with Gasteiger partial charge in [0, 0.05) is 19.2 Å². The third-order valence-electron chi connectivity index (χ3n) is 2.33. The van der Waals surface area contributed by atoms with Crippen molar-refractivity contribution in [2.75, 3.05) is 20.1 Å². The first-order chi connectivity index (χ1) is 8.13. The van der Waals surface area contributed by atoms with E-state index in [4.69, 9.17) is 0 Å². The molecule has 0 saturated carbocycles. The predicted octanol–water partition coefficient (Wildman–Crippen LogP) is 2.34. The van der Waals surface area contributed by atoms with Crippen molar-refractivity contribution < 1.29 is 4.79 Å². The van der Waals surface area contributed by atoms with Gasteiger partial charge in [0.05, 0.1) is 11.9 Å². The maximum absolute atomic E-state index is 11.6. The van der Waals surface area contributed by atoms with Gasteiger partial charge in [-0.15, -0.1) is 0 Å². The number of hydrogen-bond donors (Lipinski definition) is 0. The molecular formula is C13H23N3O. The molecule has 0 aliphatic heterocycles. The Kier molecular flexibility index (Phi) is 8.15. The number of aromatic nitrogens is 2. The van der Waals surface area contributed by atoms with Crippen molar-refractivity contribution in [3.63, 3.8) is 0 Å². The Balaban J connectivity index is 0.00000121. The first-order valence-electron chi connectivity index (χ1n) is 6.14. The van der Waals surface area contributed by atoms with Gasteiger partial charge in [-0.25, -0.2) is 4.98 Å². The molecule has 96 valence electrons. The van der Waals surface area contributed by atoms with Gasteiger partial charge >= 0.3 is 0 Å². The van der Waals surface area contributed by atoms with E-state index in [1.165, 1.54) is 0 Å². The molecule has 1 aromatic rings. The lowest BCUT2D eigenvalue weighted by molar-refractivity contribution is 0.0964. The van der Waals surface area contributed by atoms with Crippen LogP contribution < -0.4 is 0 Å². The van der Waals surface area contributed by atoms with Crippen LogP contribution in [0.15, 0.2) is 12.4 Å². The van der Waals surface area contributed by atoms with Crippen molar-refractivity contribution in [1.82, 2.24) is 14.9 Å². The second-order valence-electron chi connectivity index (χ2n) is 3.61. The normalized spacial score (nSPS) is 9.76. The molecule has 17 heavy (non-hydrogen) atoms. The maximum Gasteiger partial charge on any atom is 0.184 e. The zero-order valence-corrected chi connectivity index (χ0v) is 11.5. The van der Waals surface area contributed by atoms with Crippen LogP contribution in [-0.4, -0.2) is 40.8 Å². The van der Waals surface area contributed by atoms with E-state index in [9.17, 15) is 4.79 Å². The fraction of sp³-hybridized carbons (Fsp3) is 0.615. The summed E-state index contributed by atoms with van der Waals surface area (Å²) < 4.78 is 0. The first-order valence-corrected chi connectivity index (χ1v) is 6.14. The lowest BCUT2D eigenvalue weighted by Gasteiger charge is -2.12. The average molecular weight is 237 g/mol. The molecule has 0 atom stereocenters. The summed E-state index contributed by atoms with van der Waals surface area (Å²) in [5.41, 5.74) is 1.29. The van der Waals surface area contributed by atoms with Gasteiger partial charge in [0.15, 0.2) is 5.78 Å². The van der Waals surface area contributed by atoms with E-state index in [-0.39, 0.29) is 5.78 Å². The number of Topliss-reactive ketones (excluding diaryl/α,β-unsaturated/α-hetero) is 1. The zero-order chi connectivity index (χ0) is 13.3. The number of rotatable bonds is 5. The van der Waals surface area contributed by atoms with Gasteiger partial charge in [-0.3, -0.25) is 9.78 Å². The quantitative estimate of drug-likeness (QED) is 0.737. The average Bonchev–Trinajstić information content (AvgIpc) is 2.38. The molecule has 1 heterocycles. The highest BCUT2D eigenvalue weighted by Crippen LogP contribution is 2.00. The number of carbonyl (C=O) groups is 1. The van der Waals surface area contributed by atoms with Crippen molar-refractivity contribution in [3.05, 3.63) is 23.8 Å². The highest BCUT2D eigenvalue weighted by atomic mass is 16.1. The van der Waals surface area contributed by atoms with Crippen LogP contribution in [0.1, 0.15) is 43.4 Å². The Bertz CT molecular complexity index is 322.